The van der Waals surface area contributed by atoms with Gasteiger partial charge >= 0.3 is 0 Å². The Balaban J connectivity index is 1.27. The van der Waals surface area contributed by atoms with Gasteiger partial charge in [0.25, 0.3) is 5.91 Å². The summed E-state index contributed by atoms with van der Waals surface area (Å²) in [6.07, 6.45) is 9.48. The summed E-state index contributed by atoms with van der Waals surface area (Å²) < 4.78 is 11.8. The van der Waals surface area contributed by atoms with Crippen LogP contribution in [0.4, 0.5) is 5.82 Å². The minimum Gasteiger partial charge on any atom is -0.491 e. The molecule has 3 aromatic rings. The normalized spacial score (nSPS) is 17.4. The Morgan fingerprint density at radius 1 is 1.07 bits per heavy atom. The molecule has 0 spiro atoms. The summed E-state index contributed by atoms with van der Waals surface area (Å²) in [5.74, 6) is 0.946. The second-order valence-corrected chi connectivity index (χ2v) is 19.4. The lowest BCUT2D eigenvalue weighted by Crippen LogP contribution is -2.35. The molecule has 8 nitrogen and oxygen atoms in total. The Hall–Kier alpha value is -3.53. The van der Waals surface area contributed by atoms with Crippen molar-refractivity contribution in [2.45, 2.75) is 70.3 Å². The monoisotopic (exact) mass is 625 g/mol. The Labute approximate surface area is 268 Å². The lowest BCUT2D eigenvalue weighted by molar-refractivity contribution is 0.0957. The number of anilines is 1. The van der Waals surface area contributed by atoms with Gasteiger partial charge in [-0.05, 0) is 66.6 Å². The van der Waals surface area contributed by atoms with Crippen molar-refractivity contribution in [1.82, 2.24) is 15.2 Å². The van der Waals surface area contributed by atoms with Crippen molar-refractivity contribution in [2.75, 3.05) is 44.9 Å². The van der Waals surface area contributed by atoms with Gasteiger partial charge in [0, 0.05) is 56.7 Å². The summed E-state index contributed by atoms with van der Waals surface area (Å²) in [7, 11) is -1.20. The molecular weight excluding hydrogens is 579 g/mol. The highest BCUT2D eigenvalue weighted by molar-refractivity contribution is 6.76. The number of ether oxygens (including phenoxy) is 2. The van der Waals surface area contributed by atoms with Gasteiger partial charge in [-0.2, -0.15) is 0 Å². The quantitative estimate of drug-likeness (QED) is 0.105. The molecule has 0 unspecified atom stereocenters. The Morgan fingerprint density at radius 3 is 2.67 bits per heavy atom. The zero-order valence-electron chi connectivity index (χ0n) is 27.0. The Morgan fingerprint density at radius 2 is 1.87 bits per heavy atom. The number of hydrogen-bond donors (Lipinski definition) is 3. The van der Waals surface area contributed by atoms with Crippen LogP contribution in [0, 0.1) is 5.41 Å². The SMILES string of the molecule is C[Si](C)(C)CCOCNc1ncc(-c2ccc3c(c2)CCN(C2CCCC2)CC3)cc1C(=N)c1ccc2c(c1)OCCNC2=O. The molecule has 0 bridgehead atoms. The molecule has 1 aromatic heterocycles. The van der Waals surface area contributed by atoms with Crippen molar-refractivity contribution in [3.05, 3.63) is 76.5 Å². The van der Waals surface area contributed by atoms with Crippen LogP contribution in [0.2, 0.25) is 25.7 Å². The largest absolute Gasteiger partial charge is 0.491 e. The number of carbonyl (C=O) groups is 1. The van der Waals surface area contributed by atoms with Crippen LogP contribution in [0.25, 0.3) is 11.1 Å². The fraction of sp³-hybridized carbons (Fsp3) is 0.472. The van der Waals surface area contributed by atoms with Gasteiger partial charge in [-0.1, -0.05) is 56.7 Å². The van der Waals surface area contributed by atoms with Gasteiger partial charge in [0.15, 0.2) is 0 Å². The molecule has 0 atom stereocenters. The summed E-state index contributed by atoms with van der Waals surface area (Å²) >= 11 is 0. The van der Waals surface area contributed by atoms with Crippen LogP contribution < -0.4 is 15.4 Å². The summed E-state index contributed by atoms with van der Waals surface area (Å²) in [6.45, 7) is 11.2. The molecule has 3 heterocycles. The average molecular weight is 626 g/mol. The highest BCUT2D eigenvalue weighted by atomic mass is 28.3. The van der Waals surface area contributed by atoms with Crippen LogP contribution in [-0.2, 0) is 17.6 Å². The lowest BCUT2D eigenvalue weighted by atomic mass is 9.95. The van der Waals surface area contributed by atoms with Crippen LogP contribution in [-0.4, -0.2) is 75.2 Å². The molecule has 9 heteroatoms. The van der Waals surface area contributed by atoms with E-state index < -0.39 is 8.07 Å². The molecule has 6 rings (SSSR count). The standard InChI is InChI=1S/C36H47N5O3Si/c1-45(2,3)19-18-43-24-40-35-32(34(37)28-10-11-31-33(22-28)44-17-14-38-36(31)42)21-29(23-39-35)26-9-8-25-12-15-41(16-13-27(25)20-26)30-6-4-5-7-30/h8-11,20-23,30,37H,4-7,12-19,24H2,1-3H3,(H,38,42)(H,39,40). The predicted octanol–water partition coefficient (Wildman–Crippen LogP) is 6.35. The van der Waals surface area contributed by atoms with E-state index in [1.807, 2.05) is 12.3 Å². The minimum atomic E-state index is -1.20. The maximum atomic E-state index is 12.5. The Kier molecular flexibility index (Phi) is 9.68. The third kappa shape index (κ3) is 7.65. The number of aromatic nitrogens is 1. The molecule has 0 radical (unpaired) electrons. The fourth-order valence-electron chi connectivity index (χ4n) is 6.64. The summed E-state index contributed by atoms with van der Waals surface area (Å²) in [5, 5.41) is 15.5. The van der Waals surface area contributed by atoms with E-state index >= 15 is 0 Å². The van der Waals surface area contributed by atoms with Crippen molar-refractivity contribution in [3.63, 3.8) is 0 Å². The molecular formula is C36H47N5O3Si. The second-order valence-electron chi connectivity index (χ2n) is 13.8. The van der Waals surface area contributed by atoms with E-state index in [4.69, 9.17) is 14.5 Å². The van der Waals surface area contributed by atoms with Crippen LogP contribution in [0.15, 0.2) is 48.7 Å². The predicted molar refractivity (Wildman–Crippen MR) is 184 cm³/mol. The first-order valence-electron chi connectivity index (χ1n) is 16.6. The van der Waals surface area contributed by atoms with Gasteiger partial charge in [-0.3, -0.25) is 15.1 Å². The average Bonchev–Trinajstić information content (AvgIpc) is 3.40. The molecule has 1 fully saturated rings. The first-order valence-corrected chi connectivity index (χ1v) is 20.3. The number of nitrogens with one attached hydrogen (secondary N) is 3. The number of rotatable bonds is 10. The van der Waals surface area contributed by atoms with E-state index in [2.05, 4.69) is 59.4 Å². The van der Waals surface area contributed by atoms with E-state index in [0.29, 0.717) is 60.5 Å². The first-order chi connectivity index (χ1) is 21.7. The van der Waals surface area contributed by atoms with E-state index in [-0.39, 0.29) is 5.91 Å². The molecule has 2 aliphatic heterocycles. The summed E-state index contributed by atoms with van der Waals surface area (Å²) in [4.78, 5) is 20.0. The topological polar surface area (TPSA) is 99.6 Å². The molecule has 1 aliphatic carbocycles. The number of pyridine rings is 1. The van der Waals surface area contributed by atoms with Crippen molar-refractivity contribution in [3.8, 4) is 16.9 Å². The van der Waals surface area contributed by atoms with Gasteiger partial charge in [0.05, 0.1) is 17.8 Å². The highest BCUT2D eigenvalue weighted by Crippen LogP contribution is 2.31. The number of benzene rings is 2. The number of amides is 1. The molecule has 3 N–H and O–H groups in total. The number of hydrogen-bond acceptors (Lipinski definition) is 7. The number of carbonyl (C=O) groups excluding carboxylic acids is 1. The summed E-state index contributed by atoms with van der Waals surface area (Å²) in [6, 6.07) is 16.1. The van der Waals surface area contributed by atoms with E-state index in [0.717, 1.165) is 49.1 Å². The minimum absolute atomic E-state index is 0.156. The third-order valence-corrected chi connectivity index (χ3v) is 11.1. The van der Waals surface area contributed by atoms with Gasteiger partial charge in [0.1, 0.15) is 24.9 Å². The van der Waals surface area contributed by atoms with Crippen LogP contribution >= 0.6 is 0 Å². The summed E-state index contributed by atoms with van der Waals surface area (Å²) in [5.41, 5.74) is 7.11. The molecule has 45 heavy (non-hydrogen) atoms. The first kappa shape index (κ1) is 31.4. The van der Waals surface area contributed by atoms with Crippen molar-refractivity contribution in [2.24, 2.45) is 0 Å². The fourth-order valence-corrected chi connectivity index (χ4v) is 7.40. The maximum Gasteiger partial charge on any atom is 0.255 e. The molecule has 238 valence electrons. The molecule has 1 amide bonds. The third-order valence-electron chi connectivity index (χ3n) is 9.37. The van der Waals surface area contributed by atoms with E-state index in [1.165, 1.54) is 36.8 Å². The maximum absolute atomic E-state index is 12.5. The number of nitrogens with zero attached hydrogens (tertiary/aromatic N) is 2. The lowest BCUT2D eigenvalue weighted by Gasteiger charge is -2.26. The Bertz CT molecular complexity index is 1550. The zero-order valence-corrected chi connectivity index (χ0v) is 28.0. The van der Waals surface area contributed by atoms with E-state index in [1.54, 1.807) is 12.1 Å². The molecule has 3 aliphatic rings. The van der Waals surface area contributed by atoms with Crippen molar-refractivity contribution < 1.29 is 14.3 Å². The van der Waals surface area contributed by atoms with Crippen LogP contribution in [0.1, 0.15) is 58.3 Å². The number of fused-ring (bicyclic) bond motifs is 2. The van der Waals surface area contributed by atoms with Gasteiger partial charge in [-0.25, -0.2) is 4.98 Å². The van der Waals surface area contributed by atoms with Crippen molar-refractivity contribution in [1.29, 1.82) is 5.41 Å². The van der Waals surface area contributed by atoms with Gasteiger partial charge < -0.3 is 20.1 Å². The van der Waals surface area contributed by atoms with Crippen LogP contribution in [0.3, 0.4) is 0 Å². The zero-order chi connectivity index (χ0) is 31.4. The molecule has 2 aromatic carbocycles. The molecule has 1 saturated carbocycles. The van der Waals surface area contributed by atoms with E-state index in [9.17, 15) is 10.2 Å². The molecule has 0 saturated heterocycles. The van der Waals surface area contributed by atoms with Gasteiger partial charge in [-0.15, -0.1) is 0 Å². The highest BCUT2D eigenvalue weighted by Gasteiger charge is 2.25. The van der Waals surface area contributed by atoms with Crippen LogP contribution in [0.5, 0.6) is 5.75 Å². The van der Waals surface area contributed by atoms with Crippen molar-refractivity contribution >= 4 is 25.5 Å². The second kappa shape index (κ2) is 13.8. The van der Waals surface area contributed by atoms with Gasteiger partial charge in [0.2, 0.25) is 0 Å². The smallest absolute Gasteiger partial charge is 0.255 e.